The molecule has 0 amide bonds. The van der Waals surface area contributed by atoms with E-state index >= 15 is 0 Å². The van der Waals surface area contributed by atoms with Gasteiger partial charge in [0.1, 0.15) is 10.7 Å². The lowest BCUT2D eigenvalue weighted by Gasteiger charge is -2.37. The summed E-state index contributed by atoms with van der Waals surface area (Å²) in [6.45, 7) is -0.791. The molecule has 11 heteroatoms. The van der Waals surface area contributed by atoms with Gasteiger partial charge in [0.15, 0.2) is 0 Å². The first-order valence-corrected chi connectivity index (χ1v) is 12.0. The van der Waals surface area contributed by atoms with Crippen LogP contribution >= 0.6 is 0 Å². The molecule has 0 unspecified atom stereocenters. The number of carboxylic acid groups (broad SMARTS) is 1. The molecule has 2 bridgehead atoms. The quantitative estimate of drug-likeness (QED) is 0.560. The smallest absolute Gasteiger partial charge is 0.308 e. The van der Waals surface area contributed by atoms with Crippen LogP contribution in [0.2, 0.25) is 0 Å². The number of halogens is 1. The normalized spacial score (nSPS) is 24.1. The Balaban J connectivity index is 1.73. The third-order valence-electron chi connectivity index (χ3n) is 6.64. The van der Waals surface area contributed by atoms with Crippen LogP contribution in [0, 0.1) is 17.7 Å². The van der Waals surface area contributed by atoms with E-state index in [1.807, 2.05) is 0 Å². The van der Waals surface area contributed by atoms with E-state index in [-0.39, 0.29) is 12.2 Å². The van der Waals surface area contributed by atoms with Crippen molar-refractivity contribution in [3.63, 3.8) is 0 Å². The van der Waals surface area contributed by atoms with Crippen LogP contribution in [0.4, 0.5) is 4.39 Å². The fourth-order valence-corrected chi connectivity index (χ4v) is 7.08. The van der Waals surface area contributed by atoms with Gasteiger partial charge in [0.05, 0.1) is 12.0 Å². The van der Waals surface area contributed by atoms with Crippen LogP contribution in [0.25, 0.3) is 11.1 Å². The van der Waals surface area contributed by atoms with Gasteiger partial charge in [-0.3, -0.25) is 14.6 Å². The van der Waals surface area contributed by atoms with Gasteiger partial charge in [-0.15, -0.1) is 0 Å². The number of carbonyl (C=O) groups is 1. The highest BCUT2D eigenvalue weighted by atomic mass is 32.2. The monoisotopic (exact) mass is 485 g/mol. The lowest BCUT2D eigenvalue weighted by molar-refractivity contribution is -0.144. The Hall–Kier alpha value is -3.41. The van der Waals surface area contributed by atoms with Gasteiger partial charge >= 0.3 is 5.97 Å². The van der Waals surface area contributed by atoms with Crippen molar-refractivity contribution >= 4 is 16.0 Å². The standard InChI is InChI=1S/C23H20FN3O6S/c24-16-5-1-2-6-19(16)34(32,33)27-18-11-26-17(21(27)20(23(30)31)15(18)12-28)8-7-14(22(26)29)13-4-3-9-25-10-13/h1-10,15,18,20-21,28H,11-12H2,(H,30,31)/t15-,18-,20+,21+/m1/s1. The molecule has 3 aromatic rings. The summed E-state index contributed by atoms with van der Waals surface area (Å²) in [5.41, 5.74) is 0.641. The topological polar surface area (TPSA) is 130 Å². The average molecular weight is 485 g/mol. The van der Waals surface area contributed by atoms with E-state index in [9.17, 15) is 32.6 Å². The van der Waals surface area contributed by atoms with Crippen molar-refractivity contribution in [2.45, 2.75) is 23.5 Å². The number of aliphatic hydroxyl groups is 1. The maximum atomic E-state index is 14.5. The third-order valence-corrected chi connectivity index (χ3v) is 8.58. The first kappa shape index (κ1) is 22.4. The zero-order valence-corrected chi connectivity index (χ0v) is 18.5. The molecule has 1 fully saturated rings. The first-order valence-electron chi connectivity index (χ1n) is 10.5. The van der Waals surface area contributed by atoms with Crippen molar-refractivity contribution in [3.05, 3.63) is 82.8 Å². The molecule has 2 aliphatic rings. The lowest BCUT2D eigenvalue weighted by Crippen LogP contribution is -2.49. The van der Waals surface area contributed by atoms with Gasteiger partial charge in [0.2, 0.25) is 10.0 Å². The summed E-state index contributed by atoms with van der Waals surface area (Å²) >= 11 is 0. The molecule has 0 aliphatic carbocycles. The molecule has 4 atom stereocenters. The molecular weight excluding hydrogens is 465 g/mol. The Kier molecular flexibility index (Phi) is 5.34. The van der Waals surface area contributed by atoms with Gasteiger partial charge < -0.3 is 14.8 Å². The molecule has 176 valence electrons. The van der Waals surface area contributed by atoms with Gasteiger partial charge in [-0.25, -0.2) is 12.8 Å². The Bertz CT molecular complexity index is 1440. The molecule has 0 saturated carbocycles. The number of carboxylic acids is 1. The first-order chi connectivity index (χ1) is 16.3. The Morgan fingerprint density at radius 1 is 1.15 bits per heavy atom. The summed E-state index contributed by atoms with van der Waals surface area (Å²) in [5.74, 6) is -4.60. The zero-order valence-electron chi connectivity index (χ0n) is 17.7. The second kappa shape index (κ2) is 8.12. The second-order valence-corrected chi connectivity index (χ2v) is 10.1. The summed E-state index contributed by atoms with van der Waals surface area (Å²) in [5, 5.41) is 20.1. The molecular formula is C23H20FN3O6S. The van der Waals surface area contributed by atoms with Crippen LogP contribution in [0.15, 0.2) is 70.6 Å². The largest absolute Gasteiger partial charge is 0.481 e. The predicted octanol–water partition coefficient (Wildman–Crippen LogP) is 1.49. The van der Waals surface area contributed by atoms with E-state index in [1.165, 1.54) is 35.0 Å². The molecule has 0 radical (unpaired) electrons. The summed E-state index contributed by atoms with van der Waals surface area (Å²) in [6.07, 6.45) is 3.08. The number of aliphatic hydroxyl groups excluding tert-OH is 1. The minimum absolute atomic E-state index is 0.178. The predicted molar refractivity (Wildman–Crippen MR) is 118 cm³/mol. The molecule has 1 saturated heterocycles. The minimum atomic E-state index is -4.50. The van der Waals surface area contributed by atoms with E-state index in [0.29, 0.717) is 11.1 Å². The summed E-state index contributed by atoms with van der Waals surface area (Å²) < 4.78 is 44.0. The molecule has 2 N–H and O–H groups in total. The Labute approximate surface area is 193 Å². The number of aliphatic carboxylic acids is 1. The molecule has 2 aromatic heterocycles. The van der Waals surface area contributed by atoms with Crippen molar-refractivity contribution in [2.75, 3.05) is 6.61 Å². The highest BCUT2D eigenvalue weighted by Crippen LogP contribution is 2.51. The number of sulfonamides is 1. The van der Waals surface area contributed by atoms with Crippen molar-refractivity contribution in [3.8, 4) is 11.1 Å². The van der Waals surface area contributed by atoms with Gasteiger partial charge in [0, 0.05) is 54.3 Å². The summed E-state index contributed by atoms with van der Waals surface area (Å²) in [6, 6.07) is 8.89. The number of pyridine rings is 2. The molecule has 5 rings (SSSR count). The van der Waals surface area contributed by atoms with Crippen molar-refractivity contribution in [1.82, 2.24) is 13.9 Å². The molecule has 34 heavy (non-hydrogen) atoms. The number of benzene rings is 1. The lowest BCUT2D eigenvalue weighted by atomic mass is 9.87. The van der Waals surface area contributed by atoms with Crippen molar-refractivity contribution < 1.29 is 27.8 Å². The number of hydrogen-bond acceptors (Lipinski definition) is 6. The van der Waals surface area contributed by atoms with Gasteiger partial charge in [-0.1, -0.05) is 18.2 Å². The molecule has 0 spiro atoms. The highest BCUT2D eigenvalue weighted by Gasteiger charge is 2.60. The molecule has 4 heterocycles. The van der Waals surface area contributed by atoms with Crippen LogP contribution in [0.3, 0.4) is 0 Å². The highest BCUT2D eigenvalue weighted by molar-refractivity contribution is 7.89. The fraction of sp³-hybridized carbons (Fsp3) is 0.261. The van der Waals surface area contributed by atoms with E-state index in [4.69, 9.17) is 0 Å². The van der Waals surface area contributed by atoms with Gasteiger partial charge in [-0.2, -0.15) is 4.31 Å². The van der Waals surface area contributed by atoms with Crippen LogP contribution < -0.4 is 5.56 Å². The van der Waals surface area contributed by atoms with Crippen molar-refractivity contribution in [1.29, 1.82) is 0 Å². The van der Waals surface area contributed by atoms with Crippen LogP contribution in [0.1, 0.15) is 11.7 Å². The van der Waals surface area contributed by atoms with Crippen LogP contribution in [-0.2, 0) is 21.4 Å². The maximum absolute atomic E-state index is 14.5. The number of aromatic nitrogens is 2. The number of fused-ring (bicyclic) bond motifs is 4. The van der Waals surface area contributed by atoms with Gasteiger partial charge in [0.25, 0.3) is 5.56 Å². The number of rotatable bonds is 5. The Morgan fingerprint density at radius 2 is 1.91 bits per heavy atom. The fourth-order valence-electron chi connectivity index (χ4n) is 5.17. The number of nitrogens with zero attached hydrogens (tertiary/aromatic N) is 3. The van der Waals surface area contributed by atoms with Crippen LogP contribution in [0.5, 0.6) is 0 Å². The maximum Gasteiger partial charge on any atom is 0.308 e. The van der Waals surface area contributed by atoms with E-state index in [2.05, 4.69) is 4.98 Å². The number of hydrogen-bond donors (Lipinski definition) is 2. The van der Waals surface area contributed by atoms with E-state index in [1.54, 1.807) is 18.3 Å². The SMILES string of the molecule is O=C(O)[C@H]1[C@H](CO)[C@H]2Cn3c(ccc(-c4cccnc4)c3=O)[C@@H]1N2S(=O)(=O)c1ccccc1F. The summed E-state index contributed by atoms with van der Waals surface area (Å²) in [4.78, 5) is 29.1. The second-order valence-electron chi connectivity index (χ2n) is 8.32. The van der Waals surface area contributed by atoms with E-state index < -0.39 is 62.8 Å². The Morgan fingerprint density at radius 3 is 2.56 bits per heavy atom. The molecule has 2 aliphatic heterocycles. The summed E-state index contributed by atoms with van der Waals surface area (Å²) in [7, 11) is -4.50. The minimum Gasteiger partial charge on any atom is -0.481 e. The molecule has 1 aromatic carbocycles. The van der Waals surface area contributed by atoms with Gasteiger partial charge in [-0.05, 0) is 30.3 Å². The molecule has 9 nitrogen and oxygen atoms in total. The van der Waals surface area contributed by atoms with E-state index in [0.717, 1.165) is 16.4 Å². The average Bonchev–Trinajstić information content (AvgIpc) is 3.08. The zero-order chi connectivity index (χ0) is 24.2. The van der Waals surface area contributed by atoms with Crippen molar-refractivity contribution in [2.24, 2.45) is 11.8 Å². The van der Waals surface area contributed by atoms with Crippen LogP contribution in [-0.4, -0.2) is 51.1 Å². The third kappa shape index (κ3) is 3.19.